The molecule has 0 spiro atoms. The molecule has 1 unspecified atom stereocenters. The van der Waals surface area contributed by atoms with E-state index in [4.69, 9.17) is 30.1 Å². The zero-order valence-electron chi connectivity index (χ0n) is 18.4. The Bertz CT molecular complexity index is 689. The summed E-state index contributed by atoms with van der Waals surface area (Å²) in [7, 11) is 3.90. The highest BCUT2D eigenvalue weighted by molar-refractivity contribution is 5.70. The molecule has 0 aromatic heterocycles. The Morgan fingerprint density at radius 3 is 2.03 bits per heavy atom. The summed E-state index contributed by atoms with van der Waals surface area (Å²) < 4.78 is 26.8. The minimum Gasteiger partial charge on any atom is -1.00 e. The van der Waals surface area contributed by atoms with E-state index >= 15 is 0 Å². The van der Waals surface area contributed by atoms with E-state index in [0.717, 1.165) is 13.8 Å². The number of hydrogen-bond donors (Lipinski definition) is 0. The lowest BCUT2D eigenvalue weighted by Crippen LogP contribution is -3.00. The van der Waals surface area contributed by atoms with Gasteiger partial charge < -0.3 is 45.1 Å². The minimum absolute atomic E-state index is 0. The largest absolute Gasteiger partial charge is 1.00 e. The van der Waals surface area contributed by atoms with Gasteiger partial charge in [-0.15, -0.1) is 6.42 Å². The molecule has 176 valence electrons. The topological polar surface area (TPSA) is 114 Å². The fourth-order valence-corrected chi connectivity index (χ4v) is 2.98. The molecule has 1 aliphatic heterocycles. The number of ether oxygens (including phenoxy) is 5. The maximum absolute atomic E-state index is 12.3. The van der Waals surface area contributed by atoms with Gasteiger partial charge in [0, 0.05) is 27.2 Å². The molecule has 1 fully saturated rings. The summed E-state index contributed by atoms with van der Waals surface area (Å²) in [5.41, 5.74) is 0. The van der Waals surface area contributed by atoms with Crippen LogP contribution in [0, 0.1) is 12.3 Å². The number of terminal acetylenes is 1. The first-order valence-electron chi connectivity index (χ1n) is 9.53. The fraction of sp³-hybridized carbons (Fsp3) is 0.700. The van der Waals surface area contributed by atoms with E-state index in [9.17, 15) is 19.2 Å². The predicted octanol–water partition coefficient (Wildman–Crippen LogP) is -2.83. The molecule has 0 amide bonds. The van der Waals surface area contributed by atoms with Crippen LogP contribution in [0.4, 0.5) is 0 Å². The standard InChI is InChI=1S/C20H30NO9.BrH/c1-7-10-21(5,6)11-8-9-17(25)30-20-19(29-15(4)24)18(28-14(3)23)16(12-26-20)27-13(2)22;/h1,16,18-20H,8-12H2,2-6H3;1H/q+1;/p-1/t16-,18-,19+,20?;/m0./s1. The van der Waals surface area contributed by atoms with E-state index in [0.29, 0.717) is 24.0 Å². The van der Waals surface area contributed by atoms with Crippen LogP contribution in [0.2, 0.25) is 0 Å². The van der Waals surface area contributed by atoms with E-state index in [2.05, 4.69) is 5.92 Å². The molecule has 0 bridgehead atoms. The van der Waals surface area contributed by atoms with Gasteiger partial charge >= 0.3 is 23.9 Å². The van der Waals surface area contributed by atoms with Gasteiger partial charge in [-0.05, 0) is 5.92 Å². The van der Waals surface area contributed by atoms with Gasteiger partial charge in [-0.25, -0.2) is 0 Å². The molecule has 31 heavy (non-hydrogen) atoms. The second-order valence-electron chi connectivity index (χ2n) is 7.61. The van der Waals surface area contributed by atoms with Crippen molar-refractivity contribution in [3.05, 3.63) is 0 Å². The monoisotopic (exact) mass is 507 g/mol. The molecule has 0 saturated carbocycles. The van der Waals surface area contributed by atoms with E-state index in [1.54, 1.807) is 0 Å². The van der Waals surface area contributed by atoms with Crippen LogP contribution in [0.15, 0.2) is 0 Å². The van der Waals surface area contributed by atoms with Crippen LogP contribution in [0.3, 0.4) is 0 Å². The van der Waals surface area contributed by atoms with Crippen molar-refractivity contribution in [3.63, 3.8) is 0 Å². The van der Waals surface area contributed by atoms with Crippen molar-refractivity contribution in [2.75, 3.05) is 33.8 Å². The van der Waals surface area contributed by atoms with Gasteiger partial charge in [0.25, 0.3) is 0 Å². The lowest BCUT2D eigenvalue weighted by molar-refractivity contribution is -0.883. The van der Waals surface area contributed by atoms with Crippen LogP contribution in [0.1, 0.15) is 33.6 Å². The van der Waals surface area contributed by atoms with Crippen molar-refractivity contribution in [2.24, 2.45) is 0 Å². The molecule has 0 N–H and O–H groups in total. The van der Waals surface area contributed by atoms with Gasteiger partial charge in [0.2, 0.25) is 12.4 Å². The van der Waals surface area contributed by atoms with Gasteiger partial charge in [-0.3, -0.25) is 19.2 Å². The first-order valence-corrected chi connectivity index (χ1v) is 9.53. The Morgan fingerprint density at radius 2 is 1.52 bits per heavy atom. The third-order valence-electron chi connectivity index (χ3n) is 4.22. The molecule has 1 heterocycles. The van der Waals surface area contributed by atoms with E-state index in [-0.39, 0.29) is 30.0 Å². The van der Waals surface area contributed by atoms with Gasteiger partial charge in [0.15, 0.2) is 12.2 Å². The number of halogens is 1. The number of carbonyl (C=O) groups is 4. The average molecular weight is 508 g/mol. The normalized spacial score (nSPS) is 22.8. The van der Waals surface area contributed by atoms with Crippen molar-refractivity contribution in [1.29, 1.82) is 0 Å². The van der Waals surface area contributed by atoms with E-state index < -0.39 is 48.5 Å². The maximum atomic E-state index is 12.3. The summed E-state index contributed by atoms with van der Waals surface area (Å²) in [4.78, 5) is 46.7. The van der Waals surface area contributed by atoms with Gasteiger partial charge in [0.1, 0.15) is 6.54 Å². The Kier molecular flexibility index (Phi) is 12.4. The molecule has 1 rings (SSSR count). The molecular weight excluding hydrogens is 478 g/mol. The van der Waals surface area contributed by atoms with E-state index in [1.807, 2.05) is 14.1 Å². The molecule has 0 radical (unpaired) electrons. The van der Waals surface area contributed by atoms with Crippen molar-refractivity contribution in [2.45, 2.75) is 58.2 Å². The predicted molar refractivity (Wildman–Crippen MR) is 102 cm³/mol. The Balaban J connectivity index is 0.00000900. The van der Waals surface area contributed by atoms with Gasteiger partial charge in [0.05, 0.1) is 33.7 Å². The SMILES string of the molecule is C#CC[N+](C)(C)CCCC(=O)OC1OC[C@H](OC(C)=O)[C@H](OC(C)=O)[C@H]1OC(C)=O.[Br-]. The Hall–Kier alpha value is -2.16. The van der Waals surface area contributed by atoms with Crippen molar-refractivity contribution >= 4 is 23.9 Å². The number of quaternary nitrogens is 1. The van der Waals surface area contributed by atoms with Gasteiger partial charge in [-0.1, -0.05) is 0 Å². The second-order valence-corrected chi connectivity index (χ2v) is 7.61. The number of hydrogen-bond acceptors (Lipinski definition) is 9. The van der Waals surface area contributed by atoms with E-state index in [1.165, 1.54) is 6.92 Å². The molecule has 4 atom stereocenters. The molecule has 10 nitrogen and oxygen atoms in total. The fourth-order valence-electron chi connectivity index (χ4n) is 2.98. The second kappa shape index (κ2) is 13.3. The minimum atomic E-state index is -1.31. The Morgan fingerprint density at radius 1 is 0.968 bits per heavy atom. The molecule has 0 aliphatic carbocycles. The third-order valence-corrected chi connectivity index (χ3v) is 4.22. The summed E-state index contributed by atoms with van der Waals surface area (Å²) in [5.74, 6) is -0.0231. The quantitative estimate of drug-likeness (QED) is 0.141. The number of rotatable bonds is 9. The smallest absolute Gasteiger partial charge is 0.308 e. The van der Waals surface area contributed by atoms with Crippen LogP contribution in [-0.4, -0.2) is 86.8 Å². The molecular formula is C20H30BrNO9. The zero-order valence-corrected chi connectivity index (χ0v) is 20.0. The van der Waals surface area contributed by atoms with Crippen molar-refractivity contribution in [3.8, 4) is 12.3 Å². The first kappa shape index (κ1) is 28.8. The molecule has 11 heteroatoms. The molecule has 1 aliphatic rings. The summed E-state index contributed by atoms with van der Waals surface area (Å²) in [6, 6.07) is 0. The summed E-state index contributed by atoms with van der Waals surface area (Å²) in [6.45, 7) is 4.45. The number of nitrogens with zero attached hydrogens (tertiary/aromatic N) is 1. The zero-order chi connectivity index (χ0) is 22.9. The van der Waals surface area contributed by atoms with Crippen LogP contribution in [0.25, 0.3) is 0 Å². The van der Waals surface area contributed by atoms with Crippen LogP contribution in [-0.2, 0) is 42.9 Å². The van der Waals surface area contributed by atoms with Crippen LogP contribution < -0.4 is 17.0 Å². The molecule has 1 saturated heterocycles. The molecule has 0 aromatic rings. The summed E-state index contributed by atoms with van der Waals surface area (Å²) >= 11 is 0. The van der Waals surface area contributed by atoms with Crippen molar-refractivity contribution < 1.29 is 64.3 Å². The first-order chi connectivity index (χ1) is 13.9. The highest BCUT2D eigenvalue weighted by Gasteiger charge is 2.48. The highest BCUT2D eigenvalue weighted by Crippen LogP contribution is 2.25. The summed E-state index contributed by atoms with van der Waals surface area (Å²) in [6.07, 6.45) is 1.12. The maximum Gasteiger partial charge on any atom is 0.308 e. The number of carbonyl (C=O) groups excluding carboxylic acids is 4. The van der Waals surface area contributed by atoms with Crippen molar-refractivity contribution in [1.82, 2.24) is 0 Å². The van der Waals surface area contributed by atoms with Gasteiger partial charge in [-0.2, -0.15) is 0 Å². The van der Waals surface area contributed by atoms with Crippen LogP contribution in [0.5, 0.6) is 0 Å². The highest BCUT2D eigenvalue weighted by atomic mass is 79.9. The number of esters is 4. The lowest BCUT2D eigenvalue weighted by Gasteiger charge is -2.39. The molecule has 0 aromatic carbocycles. The Labute approximate surface area is 192 Å². The third kappa shape index (κ3) is 10.6. The van der Waals surface area contributed by atoms with Crippen LogP contribution >= 0.6 is 0 Å². The summed E-state index contributed by atoms with van der Waals surface area (Å²) in [5, 5.41) is 0. The average Bonchev–Trinajstić information content (AvgIpc) is 2.58. The lowest BCUT2D eigenvalue weighted by atomic mass is 10.0.